The summed E-state index contributed by atoms with van der Waals surface area (Å²) in [5, 5.41) is 11.0. The average molecular weight is 284 g/mol. The molecule has 1 aromatic heterocycles. The molecular formula is C17H24N4. The van der Waals surface area contributed by atoms with Gasteiger partial charge in [-0.25, -0.2) is 0 Å². The number of hydrogen-bond acceptors (Lipinski definition) is 3. The molecular weight excluding hydrogens is 260 g/mol. The molecule has 1 fully saturated rings. The third kappa shape index (κ3) is 3.52. The smallest absolute Gasteiger partial charge is 0.0638 e. The van der Waals surface area contributed by atoms with Crippen LogP contribution in [-0.2, 0) is 13.1 Å². The molecule has 0 amide bonds. The van der Waals surface area contributed by atoms with E-state index in [1.165, 1.54) is 29.8 Å². The third-order valence-corrected chi connectivity index (χ3v) is 4.37. The molecule has 2 heterocycles. The molecule has 1 aliphatic rings. The van der Waals surface area contributed by atoms with Gasteiger partial charge < -0.3 is 5.32 Å². The Bertz CT molecular complexity index is 556. The fraction of sp³-hybridized carbons (Fsp3) is 0.471. The summed E-state index contributed by atoms with van der Waals surface area (Å²) in [7, 11) is 0. The molecule has 1 unspecified atom stereocenters. The predicted octanol–water partition coefficient (Wildman–Crippen LogP) is 2.39. The molecule has 112 valence electrons. The van der Waals surface area contributed by atoms with Gasteiger partial charge in [0.25, 0.3) is 0 Å². The van der Waals surface area contributed by atoms with Crippen LogP contribution < -0.4 is 5.32 Å². The van der Waals surface area contributed by atoms with Gasteiger partial charge in [0.15, 0.2) is 0 Å². The minimum absolute atomic E-state index is 0.586. The maximum absolute atomic E-state index is 4.26. The van der Waals surface area contributed by atoms with Crippen molar-refractivity contribution in [2.24, 2.45) is 0 Å². The van der Waals surface area contributed by atoms with Crippen molar-refractivity contribution in [3.63, 3.8) is 0 Å². The molecule has 2 aromatic rings. The van der Waals surface area contributed by atoms with Crippen molar-refractivity contribution in [1.82, 2.24) is 20.4 Å². The Morgan fingerprint density at radius 1 is 1.29 bits per heavy atom. The summed E-state index contributed by atoms with van der Waals surface area (Å²) in [6.45, 7) is 8.44. The van der Waals surface area contributed by atoms with Crippen LogP contribution in [0.15, 0.2) is 30.3 Å². The minimum Gasteiger partial charge on any atom is -0.308 e. The number of aromatic nitrogens is 2. The van der Waals surface area contributed by atoms with Gasteiger partial charge in [-0.3, -0.25) is 10.00 Å². The summed E-state index contributed by atoms with van der Waals surface area (Å²) in [6.07, 6.45) is 1.22. The summed E-state index contributed by atoms with van der Waals surface area (Å²) in [4.78, 5) is 2.53. The lowest BCUT2D eigenvalue weighted by atomic mass is 10.2. The summed E-state index contributed by atoms with van der Waals surface area (Å²) in [5.74, 6) is 0. The molecule has 0 radical (unpaired) electrons. The van der Waals surface area contributed by atoms with Gasteiger partial charge >= 0.3 is 0 Å². The number of nitrogens with zero attached hydrogens (tertiary/aromatic N) is 2. The Labute approximate surface area is 126 Å². The van der Waals surface area contributed by atoms with Gasteiger partial charge in [-0.15, -0.1) is 0 Å². The SMILES string of the molecule is Cc1n[nH]c(C)c1CNC1CCN(Cc2ccccc2)C1. The van der Waals surface area contributed by atoms with Gasteiger partial charge in [-0.2, -0.15) is 5.10 Å². The van der Waals surface area contributed by atoms with E-state index in [0.29, 0.717) is 6.04 Å². The van der Waals surface area contributed by atoms with Gasteiger partial charge in [0.05, 0.1) is 5.69 Å². The molecule has 0 spiro atoms. The van der Waals surface area contributed by atoms with Crippen molar-refractivity contribution in [3.05, 3.63) is 52.8 Å². The molecule has 1 saturated heterocycles. The van der Waals surface area contributed by atoms with Crippen molar-refractivity contribution >= 4 is 0 Å². The average Bonchev–Trinajstić information content (AvgIpc) is 3.06. The van der Waals surface area contributed by atoms with E-state index in [1.54, 1.807) is 0 Å². The van der Waals surface area contributed by atoms with E-state index in [0.717, 1.165) is 25.3 Å². The highest BCUT2D eigenvalue weighted by Crippen LogP contribution is 2.15. The fourth-order valence-corrected chi connectivity index (χ4v) is 3.07. The van der Waals surface area contributed by atoms with Crippen molar-refractivity contribution in [2.75, 3.05) is 13.1 Å². The van der Waals surface area contributed by atoms with Crippen LogP contribution in [-0.4, -0.2) is 34.2 Å². The zero-order valence-electron chi connectivity index (χ0n) is 12.9. The zero-order chi connectivity index (χ0) is 14.7. The van der Waals surface area contributed by atoms with E-state index in [9.17, 15) is 0 Å². The molecule has 4 nitrogen and oxygen atoms in total. The van der Waals surface area contributed by atoms with Crippen LogP contribution >= 0.6 is 0 Å². The molecule has 0 bridgehead atoms. The molecule has 1 aromatic carbocycles. The van der Waals surface area contributed by atoms with Crippen LogP contribution in [0.1, 0.15) is 28.9 Å². The number of aromatic amines is 1. The lowest BCUT2D eigenvalue weighted by Gasteiger charge is -2.17. The van der Waals surface area contributed by atoms with E-state index in [4.69, 9.17) is 0 Å². The monoisotopic (exact) mass is 284 g/mol. The van der Waals surface area contributed by atoms with Gasteiger partial charge in [-0.05, 0) is 25.8 Å². The molecule has 3 rings (SSSR count). The largest absolute Gasteiger partial charge is 0.308 e. The number of aryl methyl sites for hydroxylation is 2. The van der Waals surface area contributed by atoms with Crippen molar-refractivity contribution < 1.29 is 0 Å². The number of rotatable bonds is 5. The summed E-state index contributed by atoms with van der Waals surface area (Å²) in [5.41, 5.74) is 5.01. The standard InChI is InChI=1S/C17H24N4/c1-13-17(14(2)20-19-13)10-18-16-8-9-21(12-16)11-15-6-4-3-5-7-15/h3-7,16,18H,8-12H2,1-2H3,(H,19,20). The number of nitrogens with one attached hydrogen (secondary N) is 2. The van der Waals surface area contributed by atoms with E-state index >= 15 is 0 Å². The van der Waals surface area contributed by atoms with Crippen LogP contribution in [0.3, 0.4) is 0 Å². The van der Waals surface area contributed by atoms with Crippen molar-refractivity contribution in [3.8, 4) is 0 Å². The molecule has 0 aliphatic carbocycles. The van der Waals surface area contributed by atoms with Gasteiger partial charge in [-0.1, -0.05) is 30.3 Å². The second-order valence-corrected chi connectivity index (χ2v) is 6.00. The van der Waals surface area contributed by atoms with E-state index in [1.807, 2.05) is 0 Å². The molecule has 0 saturated carbocycles. The number of H-pyrrole nitrogens is 1. The van der Waals surface area contributed by atoms with Crippen molar-refractivity contribution in [2.45, 2.75) is 39.4 Å². The topological polar surface area (TPSA) is 44.0 Å². The number of benzene rings is 1. The predicted molar refractivity (Wildman–Crippen MR) is 85.0 cm³/mol. The normalized spacial score (nSPS) is 19.2. The highest BCUT2D eigenvalue weighted by molar-refractivity contribution is 5.23. The molecule has 1 aliphatic heterocycles. The maximum Gasteiger partial charge on any atom is 0.0638 e. The zero-order valence-corrected chi connectivity index (χ0v) is 12.9. The van der Waals surface area contributed by atoms with Gasteiger partial charge in [0, 0.05) is 43.5 Å². The minimum atomic E-state index is 0.586. The third-order valence-electron chi connectivity index (χ3n) is 4.37. The Morgan fingerprint density at radius 2 is 2.10 bits per heavy atom. The second-order valence-electron chi connectivity index (χ2n) is 6.00. The highest BCUT2D eigenvalue weighted by Gasteiger charge is 2.22. The fourth-order valence-electron chi connectivity index (χ4n) is 3.07. The summed E-state index contributed by atoms with van der Waals surface area (Å²) < 4.78 is 0. The maximum atomic E-state index is 4.26. The molecule has 4 heteroatoms. The Hall–Kier alpha value is -1.65. The number of hydrogen-bond donors (Lipinski definition) is 2. The first-order valence-corrected chi connectivity index (χ1v) is 7.72. The Kier molecular flexibility index (Phi) is 4.36. The van der Waals surface area contributed by atoms with Crippen LogP contribution in [0, 0.1) is 13.8 Å². The van der Waals surface area contributed by atoms with Gasteiger partial charge in [0.1, 0.15) is 0 Å². The van der Waals surface area contributed by atoms with Crippen LogP contribution in [0.25, 0.3) is 0 Å². The van der Waals surface area contributed by atoms with E-state index in [2.05, 4.69) is 64.6 Å². The summed E-state index contributed by atoms with van der Waals surface area (Å²) >= 11 is 0. The Morgan fingerprint density at radius 3 is 2.81 bits per heavy atom. The Balaban J connectivity index is 1.49. The van der Waals surface area contributed by atoms with Gasteiger partial charge in [0.2, 0.25) is 0 Å². The quantitative estimate of drug-likeness (QED) is 0.886. The molecule has 2 N–H and O–H groups in total. The van der Waals surface area contributed by atoms with Crippen LogP contribution in [0.5, 0.6) is 0 Å². The van der Waals surface area contributed by atoms with Crippen LogP contribution in [0.2, 0.25) is 0 Å². The molecule has 1 atom stereocenters. The highest BCUT2D eigenvalue weighted by atomic mass is 15.2. The van der Waals surface area contributed by atoms with Crippen molar-refractivity contribution in [1.29, 1.82) is 0 Å². The summed E-state index contributed by atoms with van der Waals surface area (Å²) in [6, 6.07) is 11.3. The number of likely N-dealkylation sites (tertiary alicyclic amines) is 1. The first-order valence-electron chi connectivity index (χ1n) is 7.72. The lowest BCUT2D eigenvalue weighted by molar-refractivity contribution is 0.320. The van der Waals surface area contributed by atoms with Crippen LogP contribution in [0.4, 0.5) is 0 Å². The first kappa shape index (κ1) is 14.3. The second kappa shape index (κ2) is 6.41. The molecule has 21 heavy (non-hydrogen) atoms. The van der Waals surface area contributed by atoms with E-state index < -0.39 is 0 Å². The first-order chi connectivity index (χ1) is 10.2. The lowest BCUT2D eigenvalue weighted by Crippen LogP contribution is -2.32. The van der Waals surface area contributed by atoms with E-state index in [-0.39, 0.29) is 0 Å².